The molecule has 0 aromatic heterocycles. The zero-order valence-corrected chi connectivity index (χ0v) is 19.3. The number of sulfonamides is 1. The van der Waals surface area contributed by atoms with Gasteiger partial charge in [-0.15, -0.1) is 0 Å². The van der Waals surface area contributed by atoms with Crippen molar-refractivity contribution in [2.24, 2.45) is 0 Å². The Hall–Kier alpha value is -2.22. The SMILES string of the molecule is CC(C)NS(=O)(=O)c1cccc(C(=O)N2CCCN(CCCc3ccccc3)CC2)c1. The Morgan fingerprint density at radius 3 is 2.52 bits per heavy atom. The fourth-order valence-electron chi connectivity index (χ4n) is 3.91. The first-order valence-electron chi connectivity index (χ1n) is 11.0. The second kappa shape index (κ2) is 10.9. The van der Waals surface area contributed by atoms with Gasteiger partial charge in [-0.05, 0) is 70.0 Å². The van der Waals surface area contributed by atoms with E-state index in [1.807, 2.05) is 11.0 Å². The highest BCUT2D eigenvalue weighted by Gasteiger charge is 2.22. The summed E-state index contributed by atoms with van der Waals surface area (Å²) in [5.41, 5.74) is 1.78. The summed E-state index contributed by atoms with van der Waals surface area (Å²) in [5.74, 6) is -0.104. The molecule has 3 rings (SSSR count). The summed E-state index contributed by atoms with van der Waals surface area (Å²) in [4.78, 5) is 17.4. The standard InChI is InChI=1S/C24H33N3O3S/c1-20(2)25-31(29,30)23-13-6-12-22(19-23)24(28)27-16-8-15-26(17-18-27)14-7-11-21-9-4-3-5-10-21/h3-6,9-10,12-13,19-20,25H,7-8,11,14-18H2,1-2H3. The van der Waals surface area contributed by atoms with Gasteiger partial charge in [-0.2, -0.15) is 0 Å². The number of nitrogens with zero attached hydrogens (tertiary/aromatic N) is 2. The molecular formula is C24H33N3O3S. The van der Waals surface area contributed by atoms with Gasteiger partial charge in [0, 0.05) is 31.2 Å². The Morgan fingerprint density at radius 1 is 1.00 bits per heavy atom. The molecule has 1 heterocycles. The van der Waals surface area contributed by atoms with Crippen molar-refractivity contribution < 1.29 is 13.2 Å². The Morgan fingerprint density at radius 2 is 1.77 bits per heavy atom. The molecule has 1 N–H and O–H groups in total. The predicted octanol–water partition coefficient (Wildman–Crippen LogP) is 3.15. The second-order valence-corrected chi connectivity index (χ2v) is 10.1. The molecule has 31 heavy (non-hydrogen) atoms. The zero-order valence-electron chi connectivity index (χ0n) is 18.5. The van der Waals surface area contributed by atoms with Crippen molar-refractivity contribution in [3.8, 4) is 0 Å². The lowest BCUT2D eigenvalue weighted by Gasteiger charge is -2.22. The molecule has 1 fully saturated rings. The molecule has 1 saturated heterocycles. The highest BCUT2D eigenvalue weighted by molar-refractivity contribution is 7.89. The van der Waals surface area contributed by atoms with Crippen molar-refractivity contribution in [2.45, 2.75) is 44.0 Å². The number of nitrogens with one attached hydrogen (secondary N) is 1. The third-order valence-electron chi connectivity index (χ3n) is 5.44. The van der Waals surface area contributed by atoms with Crippen LogP contribution >= 0.6 is 0 Å². The number of carbonyl (C=O) groups excluding carboxylic acids is 1. The maximum atomic E-state index is 13.1. The van der Waals surface area contributed by atoms with E-state index in [4.69, 9.17) is 0 Å². The molecule has 1 aliphatic heterocycles. The minimum Gasteiger partial charge on any atom is -0.337 e. The maximum Gasteiger partial charge on any atom is 0.253 e. The molecule has 2 aromatic rings. The van der Waals surface area contributed by atoms with Gasteiger partial charge in [0.1, 0.15) is 0 Å². The fourth-order valence-corrected chi connectivity index (χ4v) is 5.20. The topological polar surface area (TPSA) is 69.7 Å². The monoisotopic (exact) mass is 443 g/mol. The molecule has 0 radical (unpaired) electrons. The van der Waals surface area contributed by atoms with Crippen molar-refractivity contribution in [2.75, 3.05) is 32.7 Å². The number of amides is 1. The smallest absolute Gasteiger partial charge is 0.253 e. The lowest BCUT2D eigenvalue weighted by atomic mass is 10.1. The lowest BCUT2D eigenvalue weighted by molar-refractivity contribution is 0.0761. The molecule has 0 saturated carbocycles. The van der Waals surface area contributed by atoms with Gasteiger partial charge in [-0.25, -0.2) is 13.1 Å². The van der Waals surface area contributed by atoms with Gasteiger partial charge in [0.15, 0.2) is 0 Å². The normalized spacial score (nSPS) is 15.8. The van der Waals surface area contributed by atoms with Crippen molar-refractivity contribution >= 4 is 15.9 Å². The summed E-state index contributed by atoms with van der Waals surface area (Å²) in [6, 6.07) is 16.6. The van der Waals surface area contributed by atoms with Gasteiger partial charge in [-0.3, -0.25) is 4.79 Å². The summed E-state index contributed by atoms with van der Waals surface area (Å²) in [6.45, 7) is 7.73. The van der Waals surface area contributed by atoms with Crippen LogP contribution in [0.4, 0.5) is 0 Å². The van der Waals surface area contributed by atoms with Gasteiger partial charge in [0.05, 0.1) is 4.90 Å². The molecule has 0 unspecified atom stereocenters. The van der Waals surface area contributed by atoms with Crippen LogP contribution < -0.4 is 4.72 Å². The summed E-state index contributed by atoms with van der Waals surface area (Å²) in [6.07, 6.45) is 3.08. The Labute approximate surface area is 186 Å². The van der Waals surface area contributed by atoms with Crippen molar-refractivity contribution in [1.82, 2.24) is 14.5 Å². The van der Waals surface area contributed by atoms with Crippen LogP contribution in [0, 0.1) is 0 Å². The third kappa shape index (κ3) is 6.89. The van der Waals surface area contributed by atoms with Crippen LogP contribution in [-0.2, 0) is 16.4 Å². The van der Waals surface area contributed by atoms with Crippen LogP contribution in [0.25, 0.3) is 0 Å². The minimum absolute atomic E-state index is 0.104. The summed E-state index contributed by atoms with van der Waals surface area (Å²) >= 11 is 0. The van der Waals surface area contributed by atoms with Crippen LogP contribution in [0.2, 0.25) is 0 Å². The van der Waals surface area contributed by atoms with Crippen LogP contribution in [-0.4, -0.2) is 62.9 Å². The molecule has 1 amide bonds. The van der Waals surface area contributed by atoms with Gasteiger partial charge in [0.2, 0.25) is 10.0 Å². The first-order chi connectivity index (χ1) is 14.8. The Bertz CT molecular complexity index is 961. The first kappa shape index (κ1) is 23.4. The number of carbonyl (C=O) groups is 1. The predicted molar refractivity (Wildman–Crippen MR) is 124 cm³/mol. The Kier molecular flexibility index (Phi) is 8.23. The van der Waals surface area contributed by atoms with E-state index in [1.54, 1.807) is 26.0 Å². The van der Waals surface area contributed by atoms with Crippen LogP contribution in [0.1, 0.15) is 42.6 Å². The number of hydrogen-bond acceptors (Lipinski definition) is 4. The quantitative estimate of drug-likeness (QED) is 0.680. The van der Waals surface area contributed by atoms with Crippen LogP contribution in [0.15, 0.2) is 59.5 Å². The second-order valence-electron chi connectivity index (χ2n) is 8.38. The van der Waals surface area contributed by atoms with E-state index in [-0.39, 0.29) is 16.8 Å². The molecule has 168 valence electrons. The summed E-state index contributed by atoms with van der Waals surface area (Å²) in [5, 5.41) is 0. The van der Waals surface area contributed by atoms with E-state index < -0.39 is 10.0 Å². The van der Waals surface area contributed by atoms with E-state index in [9.17, 15) is 13.2 Å². The molecule has 0 bridgehead atoms. The molecule has 0 spiro atoms. The van der Waals surface area contributed by atoms with Crippen molar-refractivity contribution in [3.63, 3.8) is 0 Å². The molecule has 0 atom stereocenters. The van der Waals surface area contributed by atoms with E-state index in [1.165, 1.54) is 17.7 Å². The van der Waals surface area contributed by atoms with Gasteiger partial charge >= 0.3 is 0 Å². The number of aryl methyl sites for hydroxylation is 1. The molecule has 0 aliphatic carbocycles. The van der Waals surface area contributed by atoms with Gasteiger partial charge < -0.3 is 9.80 Å². The Balaban J connectivity index is 1.56. The fraction of sp³-hybridized carbons (Fsp3) is 0.458. The molecule has 1 aliphatic rings. The summed E-state index contributed by atoms with van der Waals surface area (Å²) in [7, 11) is -3.62. The van der Waals surface area contributed by atoms with Crippen molar-refractivity contribution in [3.05, 3.63) is 65.7 Å². The van der Waals surface area contributed by atoms with E-state index >= 15 is 0 Å². The molecule has 2 aromatic carbocycles. The molecule has 6 nitrogen and oxygen atoms in total. The van der Waals surface area contributed by atoms with Crippen molar-refractivity contribution in [1.29, 1.82) is 0 Å². The average Bonchev–Trinajstić information content (AvgIpc) is 2.99. The van der Waals surface area contributed by atoms with E-state index in [0.29, 0.717) is 18.7 Å². The zero-order chi connectivity index (χ0) is 22.3. The van der Waals surface area contributed by atoms with Gasteiger partial charge in [-0.1, -0.05) is 36.4 Å². The third-order valence-corrected chi connectivity index (χ3v) is 7.10. The molecule has 7 heteroatoms. The number of hydrogen-bond donors (Lipinski definition) is 1. The average molecular weight is 444 g/mol. The van der Waals surface area contributed by atoms with Crippen LogP contribution in [0.3, 0.4) is 0 Å². The molecular weight excluding hydrogens is 410 g/mol. The van der Waals surface area contributed by atoms with E-state index in [0.717, 1.165) is 38.9 Å². The largest absolute Gasteiger partial charge is 0.337 e. The number of benzene rings is 2. The van der Waals surface area contributed by atoms with Crippen LogP contribution in [0.5, 0.6) is 0 Å². The van der Waals surface area contributed by atoms with E-state index in [2.05, 4.69) is 33.9 Å². The maximum absolute atomic E-state index is 13.1. The number of rotatable bonds is 8. The van der Waals surface area contributed by atoms with Gasteiger partial charge in [0.25, 0.3) is 5.91 Å². The lowest BCUT2D eigenvalue weighted by Crippen LogP contribution is -2.35. The minimum atomic E-state index is -3.62. The first-order valence-corrected chi connectivity index (χ1v) is 12.5. The highest BCUT2D eigenvalue weighted by Crippen LogP contribution is 2.15. The highest BCUT2D eigenvalue weighted by atomic mass is 32.2. The summed E-state index contributed by atoms with van der Waals surface area (Å²) < 4.78 is 27.5.